The zero-order valence-electron chi connectivity index (χ0n) is 12.6. The van der Waals surface area contributed by atoms with Gasteiger partial charge < -0.3 is 0 Å². The summed E-state index contributed by atoms with van der Waals surface area (Å²) in [5.41, 5.74) is 2.91. The van der Waals surface area contributed by atoms with Crippen LogP contribution in [0.25, 0.3) is 10.2 Å². The summed E-state index contributed by atoms with van der Waals surface area (Å²) in [6.45, 7) is 0. The maximum absolute atomic E-state index is 13.5. The van der Waals surface area contributed by atoms with E-state index in [0.29, 0.717) is 4.34 Å². The molecule has 10 heteroatoms. The molecule has 2 N–H and O–H groups in total. The zero-order valence-corrected chi connectivity index (χ0v) is 15.1. The summed E-state index contributed by atoms with van der Waals surface area (Å²) >= 11 is 2.64. The van der Waals surface area contributed by atoms with E-state index >= 15 is 0 Å². The van der Waals surface area contributed by atoms with Crippen LogP contribution in [0.3, 0.4) is 0 Å². The van der Waals surface area contributed by atoms with Gasteiger partial charge in [-0.15, -0.1) is 16.2 Å². The number of carbonyl (C=O) groups excluding carboxylic acids is 1. The standard InChI is InChI=1S/C15H12FN3O3S3/c16-10-5-1-4-8-13(10)25(21,22)19-18-14(20)9-23-15-17-11-6-2-3-7-12(11)24-15/h1-8,19H,9H2,(H,18,20). The molecule has 3 aromatic rings. The van der Waals surface area contributed by atoms with Crippen molar-refractivity contribution in [3.05, 3.63) is 54.3 Å². The van der Waals surface area contributed by atoms with Crippen LogP contribution >= 0.6 is 23.1 Å². The summed E-state index contributed by atoms with van der Waals surface area (Å²) in [6, 6.07) is 12.5. The average molecular weight is 397 g/mol. The number of thiazole rings is 1. The second-order valence-electron chi connectivity index (χ2n) is 4.82. The summed E-state index contributed by atoms with van der Waals surface area (Å²) in [4.78, 5) is 17.5. The smallest absolute Gasteiger partial charge is 0.260 e. The second-order valence-corrected chi connectivity index (χ2v) is 8.72. The van der Waals surface area contributed by atoms with Crippen LogP contribution in [-0.4, -0.2) is 25.1 Å². The van der Waals surface area contributed by atoms with Crippen LogP contribution in [0, 0.1) is 5.82 Å². The molecule has 0 spiro atoms. The van der Waals surface area contributed by atoms with Crippen LogP contribution in [0.1, 0.15) is 0 Å². The number of nitrogens with one attached hydrogen (secondary N) is 2. The minimum Gasteiger partial charge on any atom is -0.277 e. The van der Waals surface area contributed by atoms with Crippen LogP contribution in [0.15, 0.2) is 57.8 Å². The second kappa shape index (κ2) is 7.48. The number of hydrogen-bond acceptors (Lipinski definition) is 6. The highest BCUT2D eigenvalue weighted by Crippen LogP contribution is 2.28. The molecule has 1 amide bonds. The lowest BCUT2D eigenvalue weighted by atomic mass is 10.3. The van der Waals surface area contributed by atoms with Crippen molar-refractivity contribution >= 4 is 49.2 Å². The number of fused-ring (bicyclic) bond motifs is 1. The molecule has 1 aromatic heterocycles. The summed E-state index contributed by atoms with van der Waals surface area (Å²) in [5, 5.41) is 0. The minimum absolute atomic E-state index is 0.0282. The highest BCUT2D eigenvalue weighted by atomic mass is 32.2. The lowest BCUT2D eigenvalue weighted by Crippen LogP contribution is -2.42. The largest absolute Gasteiger partial charge is 0.277 e. The van der Waals surface area contributed by atoms with Crippen LogP contribution in [0.2, 0.25) is 0 Å². The molecule has 0 radical (unpaired) electrons. The number of rotatable bonds is 6. The Hall–Kier alpha value is -2.01. The molecule has 2 aromatic carbocycles. The van der Waals surface area contributed by atoms with Gasteiger partial charge in [-0.2, -0.15) is 0 Å². The summed E-state index contributed by atoms with van der Waals surface area (Å²) in [5.74, 6) is -1.49. The number of halogens is 1. The molecule has 0 saturated heterocycles. The first-order valence-electron chi connectivity index (χ1n) is 6.99. The molecule has 1 heterocycles. The first kappa shape index (κ1) is 17.8. The fourth-order valence-electron chi connectivity index (χ4n) is 1.92. The van der Waals surface area contributed by atoms with Gasteiger partial charge in [0.2, 0.25) is 5.91 Å². The van der Waals surface area contributed by atoms with E-state index in [9.17, 15) is 17.6 Å². The molecule has 0 atom stereocenters. The van der Waals surface area contributed by atoms with E-state index in [1.54, 1.807) is 0 Å². The Morgan fingerprint density at radius 2 is 1.88 bits per heavy atom. The summed E-state index contributed by atoms with van der Waals surface area (Å²) in [7, 11) is -4.17. The molecular weight excluding hydrogens is 385 g/mol. The monoisotopic (exact) mass is 397 g/mol. The van der Waals surface area contributed by atoms with Crippen LogP contribution in [0.5, 0.6) is 0 Å². The van der Waals surface area contributed by atoms with E-state index in [4.69, 9.17) is 0 Å². The highest BCUT2D eigenvalue weighted by Gasteiger charge is 2.19. The SMILES string of the molecule is O=C(CSc1nc2ccccc2s1)NNS(=O)(=O)c1ccccc1F. The number of hydrogen-bond donors (Lipinski definition) is 2. The van der Waals surface area contributed by atoms with Crippen molar-refractivity contribution in [3.8, 4) is 0 Å². The number of benzene rings is 2. The lowest BCUT2D eigenvalue weighted by Gasteiger charge is -2.08. The molecule has 25 heavy (non-hydrogen) atoms. The molecule has 0 unspecified atom stereocenters. The third-order valence-corrected chi connectivity index (χ3v) is 6.51. The first-order chi connectivity index (χ1) is 12.0. The van der Waals surface area contributed by atoms with E-state index in [2.05, 4.69) is 10.4 Å². The highest BCUT2D eigenvalue weighted by molar-refractivity contribution is 8.01. The van der Waals surface area contributed by atoms with Gasteiger partial charge in [-0.05, 0) is 24.3 Å². The van der Waals surface area contributed by atoms with Crippen molar-refractivity contribution in [3.63, 3.8) is 0 Å². The van der Waals surface area contributed by atoms with Crippen LogP contribution in [-0.2, 0) is 14.8 Å². The van der Waals surface area contributed by atoms with Crippen LogP contribution < -0.4 is 10.3 Å². The molecule has 130 valence electrons. The van der Waals surface area contributed by atoms with Crippen molar-refractivity contribution in [1.29, 1.82) is 0 Å². The first-order valence-corrected chi connectivity index (χ1v) is 10.3. The fourth-order valence-corrected chi connectivity index (χ4v) is 4.73. The normalized spacial score (nSPS) is 11.6. The summed E-state index contributed by atoms with van der Waals surface area (Å²) < 4.78 is 39.2. The zero-order chi connectivity index (χ0) is 17.9. The van der Waals surface area contributed by atoms with Gasteiger partial charge >= 0.3 is 0 Å². The quantitative estimate of drug-likeness (QED) is 0.493. The maximum Gasteiger partial charge on any atom is 0.260 e. The Kier molecular flexibility index (Phi) is 5.33. The fraction of sp³-hybridized carbons (Fsp3) is 0.0667. The van der Waals surface area contributed by atoms with E-state index < -0.39 is 26.6 Å². The number of hydrazine groups is 1. The third-order valence-electron chi connectivity index (χ3n) is 3.05. The van der Waals surface area contributed by atoms with Crippen molar-refractivity contribution in [2.75, 3.05) is 5.75 Å². The number of sulfonamides is 1. The van der Waals surface area contributed by atoms with Gasteiger partial charge in [-0.3, -0.25) is 10.2 Å². The molecular formula is C15H12FN3O3S3. The topological polar surface area (TPSA) is 88.2 Å². The number of aromatic nitrogens is 1. The van der Waals surface area contributed by atoms with Crippen molar-refractivity contribution in [2.45, 2.75) is 9.24 Å². The Bertz CT molecular complexity index is 988. The number of amides is 1. The molecule has 0 aliphatic carbocycles. The van der Waals surface area contributed by atoms with E-state index in [0.717, 1.165) is 22.3 Å². The van der Waals surface area contributed by atoms with Crippen molar-refractivity contribution in [2.24, 2.45) is 0 Å². The van der Waals surface area contributed by atoms with Gasteiger partial charge in [0.05, 0.1) is 16.0 Å². The molecule has 0 fully saturated rings. The van der Waals surface area contributed by atoms with E-state index in [1.165, 1.54) is 35.2 Å². The number of nitrogens with zero attached hydrogens (tertiary/aromatic N) is 1. The van der Waals surface area contributed by atoms with Gasteiger partial charge in [0.1, 0.15) is 10.7 Å². The Morgan fingerprint density at radius 1 is 1.16 bits per heavy atom. The Morgan fingerprint density at radius 3 is 2.64 bits per heavy atom. The number of thioether (sulfide) groups is 1. The average Bonchev–Trinajstić information content (AvgIpc) is 3.01. The van der Waals surface area contributed by atoms with Gasteiger partial charge in [0.15, 0.2) is 4.34 Å². The van der Waals surface area contributed by atoms with Gasteiger partial charge in [-0.1, -0.05) is 36.0 Å². The van der Waals surface area contributed by atoms with Crippen LogP contribution in [0.4, 0.5) is 4.39 Å². The van der Waals surface area contributed by atoms with Gasteiger partial charge in [-0.25, -0.2) is 17.8 Å². The molecule has 0 aliphatic rings. The van der Waals surface area contributed by atoms with Gasteiger partial charge in [0.25, 0.3) is 10.0 Å². The van der Waals surface area contributed by atoms with E-state index in [1.807, 2.05) is 29.1 Å². The minimum atomic E-state index is -4.17. The van der Waals surface area contributed by atoms with E-state index in [-0.39, 0.29) is 5.75 Å². The van der Waals surface area contributed by atoms with Crippen molar-refractivity contribution < 1.29 is 17.6 Å². The van der Waals surface area contributed by atoms with Gasteiger partial charge in [0, 0.05) is 0 Å². The Labute approximate surface area is 151 Å². The Balaban J connectivity index is 1.57. The maximum atomic E-state index is 13.5. The van der Waals surface area contributed by atoms with Crippen molar-refractivity contribution in [1.82, 2.24) is 15.2 Å². The number of carbonyl (C=O) groups is 1. The lowest BCUT2D eigenvalue weighted by molar-refractivity contribution is -0.119. The number of para-hydroxylation sites is 1. The molecule has 0 aliphatic heterocycles. The molecule has 6 nitrogen and oxygen atoms in total. The third kappa shape index (κ3) is 4.34. The predicted octanol–water partition coefficient (Wildman–Crippen LogP) is 2.54. The summed E-state index contributed by atoms with van der Waals surface area (Å²) in [6.07, 6.45) is 0. The molecule has 0 saturated carbocycles. The molecule has 3 rings (SSSR count). The predicted molar refractivity (Wildman–Crippen MR) is 95.2 cm³/mol. The molecule has 0 bridgehead atoms.